The van der Waals surface area contributed by atoms with Crippen LogP contribution in [0.4, 0.5) is 0 Å². The van der Waals surface area contributed by atoms with Gasteiger partial charge in [0.1, 0.15) is 11.3 Å². The molecule has 8 heteroatoms. The predicted octanol–water partition coefficient (Wildman–Crippen LogP) is 1.26. The molecule has 1 aliphatic rings. The van der Waals surface area contributed by atoms with E-state index in [9.17, 15) is 4.79 Å². The van der Waals surface area contributed by atoms with Crippen molar-refractivity contribution in [2.24, 2.45) is 0 Å². The summed E-state index contributed by atoms with van der Waals surface area (Å²) < 4.78 is 7.33. The molecule has 1 aliphatic heterocycles. The first-order chi connectivity index (χ1) is 12.1. The van der Waals surface area contributed by atoms with Crippen molar-refractivity contribution in [2.45, 2.75) is 12.3 Å². The molecule has 3 aromatic rings. The largest absolute Gasteiger partial charge is 0.341 e. The number of carbonyl (C=O) groups excluding carboxylic acids is 1. The van der Waals surface area contributed by atoms with Crippen molar-refractivity contribution < 1.29 is 9.32 Å². The Kier molecular flexibility index (Phi) is 3.96. The SMILES string of the molecule is CN(C)CCN1C[C@@H](c2nc(-c3cn4ccccc4n3)no2)CC1=O. The second-order valence-corrected chi connectivity index (χ2v) is 6.59. The van der Waals surface area contributed by atoms with Crippen LogP contribution in [0.1, 0.15) is 18.2 Å². The fraction of sp³-hybridized carbons (Fsp3) is 0.412. The van der Waals surface area contributed by atoms with Crippen LogP contribution < -0.4 is 0 Å². The highest BCUT2D eigenvalue weighted by molar-refractivity contribution is 5.79. The van der Waals surface area contributed by atoms with Gasteiger partial charge in [-0.25, -0.2) is 4.98 Å². The summed E-state index contributed by atoms with van der Waals surface area (Å²) in [5.74, 6) is 1.05. The first kappa shape index (κ1) is 15.8. The van der Waals surface area contributed by atoms with E-state index in [4.69, 9.17) is 4.52 Å². The molecular weight excluding hydrogens is 320 g/mol. The van der Waals surface area contributed by atoms with Crippen molar-refractivity contribution in [1.29, 1.82) is 0 Å². The molecule has 0 radical (unpaired) electrons. The lowest BCUT2D eigenvalue weighted by molar-refractivity contribution is -0.127. The average Bonchev–Trinajstić information content (AvgIpc) is 3.30. The maximum atomic E-state index is 12.2. The van der Waals surface area contributed by atoms with Crippen LogP contribution in [-0.2, 0) is 4.79 Å². The molecule has 0 aromatic carbocycles. The van der Waals surface area contributed by atoms with E-state index in [0.717, 1.165) is 18.7 Å². The number of likely N-dealkylation sites (tertiary alicyclic amines) is 1. The van der Waals surface area contributed by atoms with E-state index >= 15 is 0 Å². The standard InChI is InChI=1S/C17H20N6O2/c1-21(2)7-8-23-10-12(9-15(23)24)17-19-16(20-25-17)13-11-22-6-4-3-5-14(22)18-13/h3-6,11-12H,7-10H2,1-2H3/t12-/m0/s1. The van der Waals surface area contributed by atoms with Crippen LogP contribution in [0.3, 0.4) is 0 Å². The number of carbonyl (C=O) groups is 1. The monoisotopic (exact) mass is 340 g/mol. The minimum atomic E-state index is -0.0482. The van der Waals surface area contributed by atoms with Crippen LogP contribution in [0.2, 0.25) is 0 Å². The number of likely N-dealkylation sites (N-methyl/N-ethyl adjacent to an activating group) is 1. The van der Waals surface area contributed by atoms with Crippen molar-refractivity contribution in [3.63, 3.8) is 0 Å². The Bertz CT molecular complexity index is 866. The molecule has 8 nitrogen and oxygen atoms in total. The lowest BCUT2D eigenvalue weighted by atomic mass is 10.1. The van der Waals surface area contributed by atoms with E-state index in [1.807, 2.05) is 54.0 Å². The van der Waals surface area contributed by atoms with E-state index < -0.39 is 0 Å². The van der Waals surface area contributed by atoms with Crippen LogP contribution in [0, 0.1) is 0 Å². The predicted molar refractivity (Wildman–Crippen MR) is 91.0 cm³/mol. The summed E-state index contributed by atoms with van der Waals surface area (Å²) in [6.07, 6.45) is 4.21. The molecule has 0 unspecified atom stereocenters. The second-order valence-electron chi connectivity index (χ2n) is 6.59. The zero-order valence-electron chi connectivity index (χ0n) is 14.3. The van der Waals surface area contributed by atoms with Crippen LogP contribution in [-0.4, -0.2) is 69.0 Å². The molecule has 1 saturated heterocycles. The van der Waals surface area contributed by atoms with Crippen LogP contribution in [0.5, 0.6) is 0 Å². The molecule has 0 aliphatic carbocycles. The Morgan fingerprint density at radius 3 is 3.00 bits per heavy atom. The third-order valence-electron chi connectivity index (χ3n) is 4.42. The van der Waals surface area contributed by atoms with Crippen molar-refractivity contribution in [1.82, 2.24) is 29.3 Å². The summed E-state index contributed by atoms with van der Waals surface area (Å²) in [5.41, 5.74) is 1.49. The summed E-state index contributed by atoms with van der Waals surface area (Å²) in [5, 5.41) is 4.05. The molecule has 130 valence electrons. The summed E-state index contributed by atoms with van der Waals surface area (Å²) in [6, 6.07) is 5.79. The molecule has 1 amide bonds. The van der Waals surface area contributed by atoms with Gasteiger partial charge in [0.15, 0.2) is 0 Å². The molecule has 1 fully saturated rings. The molecule has 3 aromatic heterocycles. The van der Waals surface area contributed by atoms with Gasteiger partial charge in [0, 0.05) is 38.4 Å². The maximum absolute atomic E-state index is 12.2. The number of aromatic nitrogens is 4. The zero-order valence-corrected chi connectivity index (χ0v) is 14.3. The quantitative estimate of drug-likeness (QED) is 0.696. The lowest BCUT2D eigenvalue weighted by Crippen LogP contribution is -2.32. The molecule has 0 saturated carbocycles. The number of nitrogens with zero attached hydrogens (tertiary/aromatic N) is 6. The Labute approximate surface area is 145 Å². The lowest BCUT2D eigenvalue weighted by Gasteiger charge is -2.18. The smallest absolute Gasteiger partial charge is 0.232 e. The fourth-order valence-electron chi connectivity index (χ4n) is 3.02. The zero-order chi connectivity index (χ0) is 17.4. The maximum Gasteiger partial charge on any atom is 0.232 e. The van der Waals surface area contributed by atoms with Gasteiger partial charge >= 0.3 is 0 Å². The molecule has 0 spiro atoms. The van der Waals surface area contributed by atoms with Gasteiger partial charge in [-0.05, 0) is 26.2 Å². The summed E-state index contributed by atoms with van der Waals surface area (Å²) in [6.45, 7) is 2.18. The first-order valence-corrected chi connectivity index (χ1v) is 8.30. The highest BCUT2D eigenvalue weighted by Gasteiger charge is 2.34. The molecule has 25 heavy (non-hydrogen) atoms. The van der Waals surface area contributed by atoms with Crippen LogP contribution >= 0.6 is 0 Å². The Hall–Kier alpha value is -2.74. The topological polar surface area (TPSA) is 79.8 Å². The highest BCUT2D eigenvalue weighted by atomic mass is 16.5. The number of hydrogen-bond donors (Lipinski definition) is 0. The van der Waals surface area contributed by atoms with Gasteiger partial charge in [-0.1, -0.05) is 11.2 Å². The summed E-state index contributed by atoms with van der Waals surface area (Å²) in [4.78, 5) is 25.1. The van der Waals surface area contributed by atoms with E-state index in [0.29, 0.717) is 30.4 Å². The Morgan fingerprint density at radius 1 is 1.32 bits per heavy atom. The number of imidazole rings is 1. The molecule has 1 atom stereocenters. The van der Waals surface area contributed by atoms with Crippen molar-refractivity contribution in [3.8, 4) is 11.5 Å². The van der Waals surface area contributed by atoms with Gasteiger partial charge < -0.3 is 18.7 Å². The van der Waals surface area contributed by atoms with Crippen molar-refractivity contribution in [3.05, 3.63) is 36.5 Å². The van der Waals surface area contributed by atoms with Gasteiger partial charge in [0.05, 0.1) is 5.92 Å². The van der Waals surface area contributed by atoms with E-state index in [-0.39, 0.29) is 11.8 Å². The number of rotatable bonds is 5. The molecule has 0 N–H and O–H groups in total. The van der Waals surface area contributed by atoms with Crippen LogP contribution in [0.15, 0.2) is 35.1 Å². The highest BCUT2D eigenvalue weighted by Crippen LogP contribution is 2.28. The van der Waals surface area contributed by atoms with E-state index in [1.54, 1.807) is 0 Å². The van der Waals surface area contributed by atoms with Crippen molar-refractivity contribution >= 4 is 11.6 Å². The van der Waals surface area contributed by atoms with Crippen molar-refractivity contribution in [2.75, 3.05) is 33.7 Å². The number of hydrogen-bond acceptors (Lipinski definition) is 6. The summed E-state index contributed by atoms with van der Waals surface area (Å²) >= 11 is 0. The normalized spacial score (nSPS) is 18.0. The van der Waals surface area contributed by atoms with Gasteiger partial charge in [-0.2, -0.15) is 4.98 Å². The van der Waals surface area contributed by atoms with E-state index in [1.165, 1.54) is 0 Å². The Balaban J connectivity index is 1.50. The molecule has 4 rings (SSSR count). The third-order valence-corrected chi connectivity index (χ3v) is 4.42. The fourth-order valence-corrected chi connectivity index (χ4v) is 3.02. The second kappa shape index (κ2) is 6.29. The number of amides is 1. The number of pyridine rings is 1. The van der Waals surface area contributed by atoms with Gasteiger partial charge in [0.2, 0.25) is 17.6 Å². The third kappa shape index (κ3) is 3.12. The van der Waals surface area contributed by atoms with Gasteiger partial charge in [0.25, 0.3) is 0 Å². The number of fused-ring (bicyclic) bond motifs is 1. The van der Waals surface area contributed by atoms with Gasteiger partial charge in [-0.15, -0.1) is 0 Å². The summed E-state index contributed by atoms with van der Waals surface area (Å²) in [7, 11) is 3.99. The minimum Gasteiger partial charge on any atom is -0.341 e. The Morgan fingerprint density at radius 2 is 2.20 bits per heavy atom. The molecular formula is C17H20N6O2. The minimum absolute atomic E-state index is 0.0482. The first-order valence-electron chi connectivity index (χ1n) is 8.30. The van der Waals surface area contributed by atoms with Gasteiger partial charge in [-0.3, -0.25) is 4.79 Å². The average molecular weight is 340 g/mol. The van der Waals surface area contributed by atoms with Crippen LogP contribution in [0.25, 0.3) is 17.2 Å². The molecule has 0 bridgehead atoms. The van der Waals surface area contributed by atoms with E-state index in [2.05, 4.69) is 20.0 Å². The molecule has 4 heterocycles.